The van der Waals surface area contributed by atoms with Crippen LogP contribution in [0, 0.1) is 11.8 Å². The molecule has 0 bridgehead atoms. The quantitative estimate of drug-likeness (QED) is 0.240. The van der Waals surface area contributed by atoms with E-state index in [1.165, 1.54) is 0 Å². The molecule has 0 radical (unpaired) electrons. The Labute approximate surface area is 235 Å². The number of nitrogens with one attached hydrogen (secondary N) is 4. The molecule has 3 atom stereocenters. The fourth-order valence-electron chi connectivity index (χ4n) is 5.38. The van der Waals surface area contributed by atoms with Crippen molar-refractivity contribution in [2.75, 3.05) is 32.7 Å². The summed E-state index contributed by atoms with van der Waals surface area (Å²) in [6.45, 7) is 4.91. The average molecular weight is 558 g/mol. The minimum atomic E-state index is -1.36. The van der Waals surface area contributed by atoms with Gasteiger partial charge in [0.25, 0.3) is 0 Å². The third-order valence-electron chi connectivity index (χ3n) is 7.65. The molecule has 0 aromatic heterocycles. The van der Waals surface area contributed by atoms with Crippen molar-refractivity contribution < 1.29 is 29.1 Å². The summed E-state index contributed by atoms with van der Waals surface area (Å²) in [5.41, 5.74) is 0.824. The van der Waals surface area contributed by atoms with Crippen LogP contribution in [0.25, 0.3) is 0 Å². The Morgan fingerprint density at radius 2 is 1.73 bits per heavy atom. The summed E-state index contributed by atoms with van der Waals surface area (Å²) in [6.07, 6.45) is 4.20. The largest absolute Gasteiger partial charge is 0.481 e. The number of carbonyl (C=O) groups excluding carboxylic acids is 4. The number of aliphatic carboxylic acids is 1. The Balaban J connectivity index is 1.60. The first-order valence-electron chi connectivity index (χ1n) is 14.4. The molecule has 2 aliphatic heterocycles. The number of hydrogen-bond acceptors (Lipinski definition) is 6. The van der Waals surface area contributed by atoms with Gasteiger partial charge in [-0.05, 0) is 63.6 Å². The highest BCUT2D eigenvalue weighted by Crippen LogP contribution is 2.22. The zero-order valence-corrected chi connectivity index (χ0v) is 23.3. The smallest absolute Gasteiger partial charge is 0.305 e. The molecule has 5 N–H and O–H groups in total. The van der Waals surface area contributed by atoms with Crippen molar-refractivity contribution in [1.82, 2.24) is 26.2 Å². The molecule has 0 unspecified atom stereocenters. The Morgan fingerprint density at radius 3 is 2.40 bits per heavy atom. The second-order valence-electron chi connectivity index (χ2n) is 10.7. The van der Waals surface area contributed by atoms with E-state index in [0.29, 0.717) is 38.3 Å². The SMILES string of the molecule is CCNC(=O)[C@H](Cc1ccccc1)NC(=O)[C@H](CC(=O)O)NC(=O)[C@@H]1CCCN(C(=O)CCC2CCNCC2)C1. The summed E-state index contributed by atoms with van der Waals surface area (Å²) in [4.78, 5) is 65.2. The number of carbonyl (C=O) groups is 5. The van der Waals surface area contributed by atoms with Crippen molar-refractivity contribution in [3.63, 3.8) is 0 Å². The van der Waals surface area contributed by atoms with Gasteiger partial charge < -0.3 is 31.3 Å². The number of carboxylic acid groups (broad SMARTS) is 1. The molecule has 0 aliphatic carbocycles. The lowest BCUT2D eigenvalue weighted by atomic mass is 9.92. The van der Waals surface area contributed by atoms with Gasteiger partial charge in [0.15, 0.2) is 0 Å². The standard InChI is InChI=1S/C29H43N5O6/c1-2-31-28(39)23(17-21-7-4-3-5-8-21)33-29(40)24(18-26(36)37)32-27(38)22-9-6-16-34(19-22)25(35)11-10-20-12-14-30-15-13-20/h3-5,7-8,20,22-24,30H,2,6,9-19H2,1H3,(H,31,39)(H,32,38)(H,33,40)(H,36,37)/t22-,23+,24+/m1/s1. The van der Waals surface area contributed by atoms with Crippen molar-refractivity contribution in [2.24, 2.45) is 11.8 Å². The summed E-state index contributed by atoms with van der Waals surface area (Å²) in [6, 6.07) is 6.86. The number of likely N-dealkylation sites (tertiary alicyclic amines) is 1. The monoisotopic (exact) mass is 557 g/mol. The lowest BCUT2D eigenvalue weighted by molar-refractivity contribution is -0.141. The van der Waals surface area contributed by atoms with E-state index >= 15 is 0 Å². The van der Waals surface area contributed by atoms with Crippen molar-refractivity contribution in [1.29, 1.82) is 0 Å². The van der Waals surface area contributed by atoms with Gasteiger partial charge in [0.05, 0.1) is 12.3 Å². The molecule has 2 aliphatic rings. The lowest BCUT2D eigenvalue weighted by Gasteiger charge is -2.33. The molecule has 40 heavy (non-hydrogen) atoms. The lowest BCUT2D eigenvalue weighted by Crippen LogP contribution is -2.56. The van der Waals surface area contributed by atoms with E-state index in [1.807, 2.05) is 30.3 Å². The second-order valence-corrected chi connectivity index (χ2v) is 10.7. The van der Waals surface area contributed by atoms with Gasteiger partial charge in [0.1, 0.15) is 12.1 Å². The van der Waals surface area contributed by atoms with Crippen LogP contribution >= 0.6 is 0 Å². The topological polar surface area (TPSA) is 157 Å². The van der Waals surface area contributed by atoms with E-state index in [9.17, 15) is 29.1 Å². The molecule has 2 fully saturated rings. The molecule has 1 aromatic carbocycles. The number of likely N-dealkylation sites (N-methyl/N-ethyl adjacent to an activating group) is 1. The van der Waals surface area contributed by atoms with Crippen molar-refractivity contribution >= 4 is 29.6 Å². The van der Waals surface area contributed by atoms with Gasteiger partial charge in [-0.15, -0.1) is 0 Å². The van der Waals surface area contributed by atoms with Gasteiger partial charge in [-0.2, -0.15) is 0 Å². The predicted octanol–water partition coefficient (Wildman–Crippen LogP) is 0.828. The van der Waals surface area contributed by atoms with Gasteiger partial charge in [0, 0.05) is 32.5 Å². The van der Waals surface area contributed by atoms with E-state index in [1.54, 1.807) is 11.8 Å². The van der Waals surface area contributed by atoms with E-state index in [2.05, 4.69) is 21.3 Å². The van der Waals surface area contributed by atoms with Crippen molar-refractivity contribution in [3.05, 3.63) is 35.9 Å². The maximum atomic E-state index is 13.2. The average Bonchev–Trinajstić information content (AvgIpc) is 2.96. The molecule has 3 rings (SSSR count). The normalized spacial score (nSPS) is 19.2. The summed E-state index contributed by atoms with van der Waals surface area (Å²) in [5, 5.41) is 20.7. The number of amides is 4. The van der Waals surface area contributed by atoms with E-state index in [0.717, 1.165) is 37.9 Å². The third kappa shape index (κ3) is 9.93. The number of piperidine rings is 2. The third-order valence-corrected chi connectivity index (χ3v) is 7.65. The van der Waals surface area contributed by atoms with Gasteiger partial charge in [-0.25, -0.2) is 0 Å². The summed E-state index contributed by atoms with van der Waals surface area (Å²) < 4.78 is 0. The molecular weight excluding hydrogens is 514 g/mol. The van der Waals surface area contributed by atoms with Crippen LogP contribution in [0.3, 0.4) is 0 Å². The molecule has 1 aromatic rings. The maximum Gasteiger partial charge on any atom is 0.305 e. The zero-order valence-electron chi connectivity index (χ0n) is 23.3. The minimum absolute atomic E-state index is 0.0292. The summed E-state index contributed by atoms with van der Waals surface area (Å²) in [5.74, 6) is -2.83. The van der Waals surface area contributed by atoms with Crippen LogP contribution in [0.5, 0.6) is 0 Å². The summed E-state index contributed by atoms with van der Waals surface area (Å²) in [7, 11) is 0. The zero-order chi connectivity index (χ0) is 28.9. The van der Waals surface area contributed by atoms with Crippen LogP contribution in [-0.2, 0) is 30.4 Å². The Morgan fingerprint density at radius 1 is 1.00 bits per heavy atom. The molecule has 2 heterocycles. The maximum absolute atomic E-state index is 13.2. The Bertz CT molecular complexity index is 1010. The first kappa shape index (κ1) is 31.1. The van der Waals surface area contributed by atoms with Crippen molar-refractivity contribution in [3.8, 4) is 0 Å². The van der Waals surface area contributed by atoms with Crippen LogP contribution < -0.4 is 21.3 Å². The fourth-order valence-corrected chi connectivity index (χ4v) is 5.38. The molecule has 0 spiro atoms. The number of rotatable bonds is 13. The van der Waals surface area contributed by atoms with Crippen LogP contribution in [0.4, 0.5) is 0 Å². The second kappa shape index (κ2) is 16.0. The number of benzene rings is 1. The van der Waals surface area contributed by atoms with E-state index in [4.69, 9.17) is 0 Å². The molecule has 220 valence electrons. The fraction of sp³-hybridized carbons (Fsp3) is 0.621. The molecule has 4 amide bonds. The highest BCUT2D eigenvalue weighted by Gasteiger charge is 2.33. The number of carboxylic acids is 1. The summed E-state index contributed by atoms with van der Waals surface area (Å²) >= 11 is 0. The van der Waals surface area contributed by atoms with Gasteiger partial charge in [-0.3, -0.25) is 24.0 Å². The molecule has 2 saturated heterocycles. The highest BCUT2D eigenvalue weighted by atomic mass is 16.4. The van der Waals surface area contributed by atoms with Gasteiger partial charge >= 0.3 is 5.97 Å². The Kier molecular flexibility index (Phi) is 12.4. The van der Waals surface area contributed by atoms with Gasteiger partial charge in [0.2, 0.25) is 23.6 Å². The van der Waals surface area contributed by atoms with Gasteiger partial charge in [-0.1, -0.05) is 30.3 Å². The molecular formula is C29H43N5O6. The highest BCUT2D eigenvalue weighted by molar-refractivity contribution is 5.94. The van der Waals surface area contributed by atoms with Crippen molar-refractivity contribution in [2.45, 2.75) is 70.4 Å². The molecule has 0 saturated carbocycles. The Hall–Kier alpha value is -3.47. The minimum Gasteiger partial charge on any atom is -0.481 e. The number of hydrogen-bond donors (Lipinski definition) is 5. The first-order chi connectivity index (χ1) is 19.3. The predicted molar refractivity (Wildman–Crippen MR) is 149 cm³/mol. The van der Waals surface area contributed by atoms with E-state index < -0.39 is 48.1 Å². The first-order valence-corrected chi connectivity index (χ1v) is 14.4. The van der Waals surface area contributed by atoms with Crippen LogP contribution in [-0.4, -0.2) is 84.4 Å². The number of nitrogens with zero attached hydrogens (tertiary/aromatic N) is 1. The van der Waals surface area contributed by atoms with Crippen LogP contribution in [0.2, 0.25) is 0 Å². The molecule has 11 nitrogen and oxygen atoms in total. The van der Waals surface area contributed by atoms with E-state index in [-0.39, 0.29) is 18.9 Å². The van der Waals surface area contributed by atoms with Crippen LogP contribution in [0.15, 0.2) is 30.3 Å². The van der Waals surface area contributed by atoms with Crippen LogP contribution in [0.1, 0.15) is 57.4 Å². The molecule has 11 heteroatoms.